The van der Waals surface area contributed by atoms with Crippen molar-refractivity contribution in [2.75, 3.05) is 4.90 Å². The van der Waals surface area contributed by atoms with E-state index in [2.05, 4.69) is 64.6 Å². The molecule has 0 spiro atoms. The fourth-order valence-corrected chi connectivity index (χ4v) is 2.49. The highest BCUT2D eigenvalue weighted by atomic mass is 15.2. The zero-order chi connectivity index (χ0) is 12.3. The average Bonchev–Trinajstić information content (AvgIpc) is 2.19. The van der Waals surface area contributed by atoms with Crippen LogP contribution in [0.2, 0.25) is 0 Å². The van der Waals surface area contributed by atoms with Crippen LogP contribution < -0.4 is 4.90 Å². The fourth-order valence-electron chi connectivity index (χ4n) is 2.49. The molecule has 0 fully saturated rings. The van der Waals surface area contributed by atoms with Crippen LogP contribution in [-0.2, 0) is 6.42 Å². The number of anilines is 1. The molecular formula is C15H25N. The van der Waals surface area contributed by atoms with E-state index in [1.54, 1.807) is 0 Å². The summed E-state index contributed by atoms with van der Waals surface area (Å²) in [7, 11) is 0. The van der Waals surface area contributed by atoms with Crippen molar-refractivity contribution in [3.8, 4) is 0 Å². The van der Waals surface area contributed by atoms with E-state index in [-0.39, 0.29) is 0 Å². The molecule has 0 unspecified atom stereocenters. The van der Waals surface area contributed by atoms with Gasteiger partial charge in [0.15, 0.2) is 0 Å². The molecule has 90 valence electrons. The van der Waals surface area contributed by atoms with E-state index in [1.165, 1.54) is 16.8 Å². The topological polar surface area (TPSA) is 3.24 Å². The van der Waals surface area contributed by atoms with Crippen molar-refractivity contribution < 1.29 is 0 Å². The van der Waals surface area contributed by atoms with Gasteiger partial charge >= 0.3 is 0 Å². The third-order valence-corrected chi connectivity index (χ3v) is 3.07. The van der Waals surface area contributed by atoms with Crippen molar-refractivity contribution in [2.45, 2.75) is 60.0 Å². The summed E-state index contributed by atoms with van der Waals surface area (Å²) in [4.78, 5) is 2.52. The normalized spacial score (nSPS) is 11.2. The Balaban J connectivity index is 3.27. The number of para-hydroxylation sites is 1. The Morgan fingerprint density at radius 3 is 2.06 bits per heavy atom. The van der Waals surface area contributed by atoms with Crippen molar-refractivity contribution in [1.82, 2.24) is 0 Å². The van der Waals surface area contributed by atoms with Crippen LogP contribution in [0.5, 0.6) is 0 Å². The predicted octanol–water partition coefficient (Wildman–Crippen LogP) is 4.18. The van der Waals surface area contributed by atoms with Crippen molar-refractivity contribution in [1.29, 1.82) is 0 Å². The molecule has 0 saturated carbocycles. The second-order valence-electron chi connectivity index (χ2n) is 5.03. The molecule has 16 heavy (non-hydrogen) atoms. The smallest absolute Gasteiger partial charge is 0.0432 e. The lowest BCUT2D eigenvalue weighted by molar-refractivity contribution is 0.604. The molecular weight excluding hydrogens is 194 g/mol. The first-order valence-corrected chi connectivity index (χ1v) is 6.35. The van der Waals surface area contributed by atoms with Crippen LogP contribution in [0.25, 0.3) is 0 Å². The third kappa shape index (κ3) is 2.58. The van der Waals surface area contributed by atoms with Crippen molar-refractivity contribution >= 4 is 5.69 Å². The summed E-state index contributed by atoms with van der Waals surface area (Å²) >= 11 is 0. The Bertz CT molecular complexity index is 331. The Kier molecular flexibility index (Phi) is 4.40. The number of benzene rings is 1. The molecule has 0 aliphatic rings. The van der Waals surface area contributed by atoms with Gasteiger partial charge in [-0.15, -0.1) is 0 Å². The van der Waals surface area contributed by atoms with E-state index >= 15 is 0 Å². The predicted molar refractivity (Wildman–Crippen MR) is 73.3 cm³/mol. The molecule has 1 rings (SSSR count). The highest BCUT2D eigenvalue weighted by Gasteiger charge is 2.18. The molecule has 0 atom stereocenters. The molecule has 0 aliphatic carbocycles. The molecule has 1 aromatic rings. The van der Waals surface area contributed by atoms with E-state index in [4.69, 9.17) is 0 Å². The fraction of sp³-hybridized carbons (Fsp3) is 0.600. The maximum Gasteiger partial charge on any atom is 0.0432 e. The van der Waals surface area contributed by atoms with Crippen LogP contribution in [0.3, 0.4) is 0 Å². The molecule has 0 heterocycles. The Morgan fingerprint density at radius 1 is 1.06 bits per heavy atom. The van der Waals surface area contributed by atoms with Crippen molar-refractivity contribution in [3.05, 3.63) is 29.3 Å². The number of nitrogens with zero attached hydrogens (tertiary/aromatic N) is 1. The molecule has 0 aliphatic heterocycles. The summed E-state index contributed by atoms with van der Waals surface area (Å²) < 4.78 is 0. The Morgan fingerprint density at radius 2 is 1.62 bits per heavy atom. The minimum Gasteiger partial charge on any atom is -0.366 e. The van der Waals surface area contributed by atoms with Gasteiger partial charge < -0.3 is 4.90 Å². The van der Waals surface area contributed by atoms with Crippen LogP contribution in [0.1, 0.15) is 45.7 Å². The zero-order valence-electron chi connectivity index (χ0n) is 11.5. The molecule has 0 bridgehead atoms. The molecule has 1 heteroatoms. The third-order valence-electron chi connectivity index (χ3n) is 3.07. The second kappa shape index (κ2) is 5.38. The molecule has 0 radical (unpaired) electrons. The second-order valence-corrected chi connectivity index (χ2v) is 5.03. The highest BCUT2D eigenvalue weighted by molar-refractivity contribution is 5.60. The van der Waals surface area contributed by atoms with Gasteiger partial charge in [-0.1, -0.05) is 25.1 Å². The number of rotatable bonds is 4. The minimum atomic E-state index is 0.548. The standard InChI is InChI=1S/C15H25N/c1-7-14-10-8-9-13(6)15(14)16(11(2)3)12(4)5/h8-12H,7H2,1-6H3. The van der Waals surface area contributed by atoms with E-state index < -0.39 is 0 Å². The summed E-state index contributed by atoms with van der Waals surface area (Å²) in [5.41, 5.74) is 4.29. The lowest BCUT2D eigenvalue weighted by atomic mass is 10.0. The monoisotopic (exact) mass is 219 g/mol. The first-order valence-electron chi connectivity index (χ1n) is 6.35. The van der Waals surface area contributed by atoms with Crippen LogP contribution in [0, 0.1) is 6.92 Å². The van der Waals surface area contributed by atoms with E-state index in [0.29, 0.717) is 12.1 Å². The highest BCUT2D eigenvalue weighted by Crippen LogP contribution is 2.29. The summed E-state index contributed by atoms with van der Waals surface area (Å²) in [6.07, 6.45) is 1.10. The number of aryl methyl sites for hydroxylation is 2. The van der Waals surface area contributed by atoms with Gasteiger partial charge in [-0.3, -0.25) is 0 Å². The van der Waals surface area contributed by atoms with Crippen LogP contribution in [0.4, 0.5) is 5.69 Å². The minimum absolute atomic E-state index is 0.548. The van der Waals surface area contributed by atoms with Gasteiger partial charge in [0, 0.05) is 17.8 Å². The number of hydrogen-bond acceptors (Lipinski definition) is 1. The molecule has 1 nitrogen and oxygen atoms in total. The summed E-state index contributed by atoms with van der Waals surface area (Å²) in [6, 6.07) is 7.72. The maximum absolute atomic E-state index is 2.52. The van der Waals surface area contributed by atoms with Gasteiger partial charge in [0.1, 0.15) is 0 Å². The van der Waals surface area contributed by atoms with Crippen molar-refractivity contribution in [3.63, 3.8) is 0 Å². The first kappa shape index (κ1) is 13.1. The van der Waals surface area contributed by atoms with Crippen LogP contribution in [-0.4, -0.2) is 12.1 Å². The van der Waals surface area contributed by atoms with Crippen LogP contribution >= 0.6 is 0 Å². The van der Waals surface area contributed by atoms with Gasteiger partial charge in [0.2, 0.25) is 0 Å². The van der Waals surface area contributed by atoms with Gasteiger partial charge in [0.25, 0.3) is 0 Å². The molecule has 0 aromatic heterocycles. The summed E-state index contributed by atoms with van der Waals surface area (Å²) in [6.45, 7) is 13.5. The lowest BCUT2D eigenvalue weighted by Gasteiger charge is -2.36. The van der Waals surface area contributed by atoms with Gasteiger partial charge in [-0.2, -0.15) is 0 Å². The zero-order valence-corrected chi connectivity index (χ0v) is 11.5. The summed E-state index contributed by atoms with van der Waals surface area (Å²) in [5, 5.41) is 0. The first-order chi connectivity index (χ1) is 7.49. The van der Waals surface area contributed by atoms with Gasteiger partial charge in [-0.05, 0) is 52.2 Å². The lowest BCUT2D eigenvalue weighted by Crippen LogP contribution is -2.38. The van der Waals surface area contributed by atoms with E-state index in [0.717, 1.165) is 6.42 Å². The number of hydrogen-bond donors (Lipinski definition) is 0. The van der Waals surface area contributed by atoms with Gasteiger partial charge in [-0.25, -0.2) is 0 Å². The Labute approximate surface area is 100 Å². The average molecular weight is 219 g/mol. The Hall–Kier alpha value is -0.980. The van der Waals surface area contributed by atoms with E-state index in [9.17, 15) is 0 Å². The molecule has 0 saturated heterocycles. The summed E-state index contributed by atoms with van der Waals surface area (Å²) in [5.74, 6) is 0. The quantitative estimate of drug-likeness (QED) is 0.734. The molecule has 0 amide bonds. The molecule has 0 N–H and O–H groups in total. The van der Waals surface area contributed by atoms with Gasteiger partial charge in [0.05, 0.1) is 0 Å². The van der Waals surface area contributed by atoms with Crippen LogP contribution in [0.15, 0.2) is 18.2 Å². The molecule has 1 aromatic carbocycles. The largest absolute Gasteiger partial charge is 0.366 e. The SMILES string of the molecule is CCc1cccc(C)c1N(C(C)C)C(C)C. The van der Waals surface area contributed by atoms with E-state index in [1.807, 2.05) is 0 Å². The maximum atomic E-state index is 2.52. The van der Waals surface area contributed by atoms with Crippen molar-refractivity contribution in [2.24, 2.45) is 0 Å².